The molecular formula is C13H23N3O. The van der Waals surface area contributed by atoms with E-state index in [-0.39, 0.29) is 0 Å². The highest BCUT2D eigenvalue weighted by Crippen LogP contribution is 2.18. The standard InChI is InChI=1S/C13H23N3O/c1-11-8-13(9-12(2)17-11)15-4-3-6-16-7-5-14-10-16/h5,7,10-13,15H,3-4,6,8-9H2,1-2H3. The normalized spacial score (nSPS) is 29.4. The third-order valence-electron chi connectivity index (χ3n) is 3.28. The fraction of sp³-hybridized carbons (Fsp3) is 0.769. The maximum atomic E-state index is 5.73. The predicted octanol–water partition coefficient (Wildman–Crippen LogP) is 1.82. The van der Waals surface area contributed by atoms with Crippen molar-refractivity contribution in [2.45, 2.75) is 57.9 Å². The second-order valence-corrected chi connectivity index (χ2v) is 5.03. The molecule has 96 valence electrons. The lowest BCUT2D eigenvalue weighted by Crippen LogP contribution is -2.41. The Morgan fingerprint density at radius 3 is 2.76 bits per heavy atom. The van der Waals surface area contributed by atoms with Crippen molar-refractivity contribution in [3.63, 3.8) is 0 Å². The molecule has 4 heteroatoms. The van der Waals surface area contributed by atoms with Crippen LogP contribution in [0.15, 0.2) is 18.7 Å². The minimum atomic E-state index is 0.393. The van der Waals surface area contributed by atoms with Gasteiger partial charge in [-0.05, 0) is 39.7 Å². The molecule has 4 nitrogen and oxygen atoms in total. The topological polar surface area (TPSA) is 39.1 Å². The van der Waals surface area contributed by atoms with E-state index in [9.17, 15) is 0 Å². The van der Waals surface area contributed by atoms with Crippen LogP contribution in [0.2, 0.25) is 0 Å². The highest BCUT2D eigenvalue weighted by Gasteiger charge is 2.23. The summed E-state index contributed by atoms with van der Waals surface area (Å²) in [6.45, 7) is 6.44. The summed E-state index contributed by atoms with van der Waals surface area (Å²) >= 11 is 0. The third-order valence-corrected chi connectivity index (χ3v) is 3.28. The van der Waals surface area contributed by atoms with Crippen molar-refractivity contribution in [1.29, 1.82) is 0 Å². The van der Waals surface area contributed by atoms with Gasteiger partial charge in [-0.2, -0.15) is 0 Å². The smallest absolute Gasteiger partial charge is 0.0945 e. The lowest BCUT2D eigenvalue weighted by molar-refractivity contribution is -0.0420. The Bertz CT molecular complexity index is 302. The number of hydrogen-bond acceptors (Lipinski definition) is 3. The molecule has 0 amide bonds. The van der Waals surface area contributed by atoms with E-state index in [4.69, 9.17) is 4.74 Å². The molecule has 0 aromatic carbocycles. The second kappa shape index (κ2) is 6.17. The molecule has 2 heterocycles. The van der Waals surface area contributed by atoms with Crippen molar-refractivity contribution in [3.8, 4) is 0 Å². The van der Waals surface area contributed by atoms with Crippen LogP contribution in [-0.4, -0.2) is 34.3 Å². The van der Waals surface area contributed by atoms with Crippen LogP contribution in [0.5, 0.6) is 0 Å². The largest absolute Gasteiger partial charge is 0.375 e. The SMILES string of the molecule is CC1CC(NCCCn2ccnc2)CC(C)O1. The third kappa shape index (κ3) is 4.13. The highest BCUT2D eigenvalue weighted by atomic mass is 16.5. The molecule has 0 spiro atoms. The second-order valence-electron chi connectivity index (χ2n) is 5.03. The summed E-state index contributed by atoms with van der Waals surface area (Å²) in [5.74, 6) is 0. The number of nitrogens with zero attached hydrogens (tertiary/aromatic N) is 2. The van der Waals surface area contributed by atoms with E-state index >= 15 is 0 Å². The van der Waals surface area contributed by atoms with Gasteiger partial charge in [-0.3, -0.25) is 0 Å². The van der Waals surface area contributed by atoms with Crippen LogP contribution in [0.4, 0.5) is 0 Å². The van der Waals surface area contributed by atoms with Crippen molar-refractivity contribution >= 4 is 0 Å². The van der Waals surface area contributed by atoms with Crippen LogP contribution in [0.25, 0.3) is 0 Å². The molecule has 1 fully saturated rings. The molecule has 1 aliphatic heterocycles. The molecule has 1 N–H and O–H groups in total. The molecule has 0 aliphatic carbocycles. The lowest BCUT2D eigenvalue weighted by Gasteiger charge is -2.32. The summed E-state index contributed by atoms with van der Waals surface area (Å²) in [6, 6.07) is 0.622. The van der Waals surface area contributed by atoms with Crippen LogP contribution in [0, 0.1) is 0 Å². The zero-order chi connectivity index (χ0) is 12.1. The van der Waals surface area contributed by atoms with Gasteiger partial charge >= 0.3 is 0 Å². The van der Waals surface area contributed by atoms with Gasteiger partial charge in [0.05, 0.1) is 18.5 Å². The average Bonchev–Trinajstić information content (AvgIpc) is 2.76. The van der Waals surface area contributed by atoms with Gasteiger partial charge in [0.25, 0.3) is 0 Å². The summed E-state index contributed by atoms with van der Waals surface area (Å²) in [6.07, 6.45) is 9.92. The first-order chi connectivity index (χ1) is 8.24. The molecule has 0 saturated carbocycles. The predicted molar refractivity (Wildman–Crippen MR) is 67.9 cm³/mol. The molecule has 0 bridgehead atoms. The Balaban J connectivity index is 1.61. The monoisotopic (exact) mass is 237 g/mol. The average molecular weight is 237 g/mol. The summed E-state index contributed by atoms with van der Waals surface area (Å²) in [5, 5.41) is 3.63. The first-order valence-corrected chi connectivity index (χ1v) is 6.58. The Hall–Kier alpha value is -0.870. The number of aromatic nitrogens is 2. The molecule has 17 heavy (non-hydrogen) atoms. The molecule has 0 radical (unpaired) electrons. The van der Waals surface area contributed by atoms with Gasteiger partial charge in [0, 0.05) is 25.0 Å². The fourth-order valence-electron chi connectivity index (χ4n) is 2.56. The molecule has 2 atom stereocenters. The van der Waals surface area contributed by atoms with Gasteiger partial charge in [-0.25, -0.2) is 4.98 Å². The Morgan fingerprint density at radius 2 is 2.12 bits per heavy atom. The zero-order valence-corrected chi connectivity index (χ0v) is 10.8. The number of rotatable bonds is 5. The van der Waals surface area contributed by atoms with E-state index in [0.717, 1.165) is 32.4 Å². The minimum absolute atomic E-state index is 0.393. The molecule has 1 aliphatic rings. The van der Waals surface area contributed by atoms with Crippen LogP contribution in [-0.2, 0) is 11.3 Å². The van der Waals surface area contributed by atoms with E-state index < -0.39 is 0 Å². The van der Waals surface area contributed by atoms with Crippen molar-refractivity contribution in [2.24, 2.45) is 0 Å². The fourth-order valence-corrected chi connectivity index (χ4v) is 2.56. The van der Waals surface area contributed by atoms with Crippen LogP contribution in [0.1, 0.15) is 33.1 Å². The first-order valence-electron chi connectivity index (χ1n) is 6.58. The molecule has 1 aromatic heterocycles. The summed E-state index contributed by atoms with van der Waals surface area (Å²) in [4.78, 5) is 4.04. The van der Waals surface area contributed by atoms with Gasteiger partial charge in [0.15, 0.2) is 0 Å². The minimum Gasteiger partial charge on any atom is -0.375 e. The highest BCUT2D eigenvalue weighted by molar-refractivity contribution is 4.79. The zero-order valence-electron chi connectivity index (χ0n) is 10.8. The molecule has 2 unspecified atom stereocenters. The van der Waals surface area contributed by atoms with Crippen LogP contribution in [0.3, 0.4) is 0 Å². The van der Waals surface area contributed by atoms with Crippen LogP contribution >= 0.6 is 0 Å². The molecular weight excluding hydrogens is 214 g/mol. The van der Waals surface area contributed by atoms with E-state index in [0.29, 0.717) is 18.2 Å². The summed E-state index contributed by atoms with van der Waals surface area (Å²) < 4.78 is 7.85. The van der Waals surface area contributed by atoms with Gasteiger partial charge in [-0.1, -0.05) is 0 Å². The van der Waals surface area contributed by atoms with Gasteiger partial charge in [0.2, 0.25) is 0 Å². The van der Waals surface area contributed by atoms with Gasteiger partial charge < -0.3 is 14.6 Å². The molecule has 1 aromatic rings. The Kier molecular flexibility index (Phi) is 4.57. The van der Waals surface area contributed by atoms with E-state index in [1.807, 2.05) is 18.7 Å². The maximum Gasteiger partial charge on any atom is 0.0945 e. The number of hydrogen-bond donors (Lipinski definition) is 1. The molecule has 1 saturated heterocycles. The van der Waals surface area contributed by atoms with Crippen molar-refractivity contribution < 1.29 is 4.74 Å². The number of imidazole rings is 1. The molecule has 2 rings (SSSR count). The summed E-state index contributed by atoms with van der Waals surface area (Å²) in [5.41, 5.74) is 0. The first kappa shape index (κ1) is 12.6. The number of aryl methyl sites for hydroxylation is 1. The van der Waals surface area contributed by atoms with E-state index in [2.05, 4.69) is 28.7 Å². The maximum absolute atomic E-state index is 5.73. The summed E-state index contributed by atoms with van der Waals surface area (Å²) in [7, 11) is 0. The van der Waals surface area contributed by atoms with Crippen LogP contribution < -0.4 is 5.32 Å². The Labute approximate surface area is 103 Å². The van der Waals surface area contributed by atoms with Gasteiger partial charge in [0.1, 0.15) is 0 Å². The van der Waals surface area contributed by atoms with E-state index in [1.165, 1.54) is 0 Å². The number of ether oxygens (including phenoxy) is 1. The van der Waals surface area contributed by atoms with Crippen molar-refractivity contribution in [1.82, 2.24) is 14.9 Å². The quantitative estimate of drug-likeness (QED) is 0.794. The lowest BCUT2D eigenvalue weighted by atomic mass is 10.00. The Morgan fingerprint density at radius 1 is 1.35 bits per heavy atom. The number of nitrogens with one attached hydrogen (secondary N) is 1. The van der Waals surface area contributed by atoms with Crippen molar-refractivity contribution in [2.75, 3.05) is 6.54 Å². The van der Waals surface area contributed by atoms with E-state index in [1.54, 1.807) is 0 Å². The van der Waals surface area contributed by atoms with Gasteiger partial charge in [-0.15, -0.1) is 0 Å². The van der Waals surface area contributed by atoms with Crippen molar-refractivity contribution in [3.05, 3.63) is 18.7 Å².